The van der Waals surface area contributed by atoms with Crippen LogP contribution in [0.2, 0.25) is 0 Å². The fourth-order valence-corrected chi connectivity index (χ4v) is 1.85. The molecule has 2 heterocycles. The molecule has 1 aliphatic rings. The topological polar surface area (TPSA) is 68.3 Å². The summed E-state index contributed by atoms with van der Waals surface area (Å²) >= 11 is 0. The molecule has 104 valence electrons. The molecular weight excluding hydrogens is 243 g/mol. The van der Waals surface area contributed by atoms with Crippen molar-refractivity contribution in [3.63, 3.8) is 0 Å². The quantitative estimate of drug-likeness (QED) is 0.789. The summed E-state index contributed by atoms with van der Waals surface area (Å²) in [5, 5.41) is 5.96. The number of rotatable bonds is 3. The molecule has 7 heteroatoms. The van der Waals surface area contributed by atoms with Gasteiger partial charge in [-0.25, -0.2) is 4.98 Å². The SMILES string of the molecule is CNc1ncc(B2OC(C)(C)C(C)(C)O2)c(NC)n1. The maximum atomic E-state index is 6.00. The van der Waals surface area contributed by atoms with Gasteiger partial charge < -0.3 is 19.9 Å². The zero-order chi connectivity index (χ0) is 14.3. The maximum Gasteiger partial charge on any atom is 0.500 e. The molecule has 2 N–H and O–H groups in total. The predicted molar refractivity (Wildman–Crippen MR) is 76.8 cm³/mol. The van der Waals surface area contributed by atoms with E-state index in [0.717, 1.165) is 5.46 Å². The first-order valence-corrected chi connectivity index (χ1v) is 6.39. The number of nitrogens with one attached hydrogen (secondary N) is 2. The monoisotopic (exact) mass is 264 g/mol. The minimum absolute atomic E-state index is 0.371. The molecule has 0 aliphatic carbocycles. The Balaban J connectivity index is 2.34. The second-order valence-electron chi connectivity index (χ2n) is 5.59. The highest BCUT2D eigenvalue weighted by Gasteiger charge is 2.52. The van der Waals surface area contributed by atoms with Crippen LogP contribution in [-0.2, 0) is 9.31 Å². The smallest absolute Gasteiger partial charge is 0.399 e. The van der Waals surface area contributed by atoms with E-state index in [1.54, 1.807) is 13.2 Å². The third kappa shape index (κ3) is 2.40. The highest BCUT2D eigenvalue weighted by molar-refractivity contribution is 6.63. The molecule has 1 saturated heterocycles. The van der Waals surface area contributed by atoms with Crippen molar-refractivity contribution >= 4 is 24.3 Å². The summed E-state index contributed by atoms with van der Waals surface area (Å²) in [7, 11) is 3.14. The molecule has 0 saturated carbocycles. The van der Waals surface area contributed by atoms with Gasteiger partial charge in [0.05, 0.1) is 11.2 Å². The molecule has 0 atom stereocenters. The lowest BCUT2D eigenvalue weighted by Crippen LogP contribution is -2.41. The van der Waals surface area contributed by atoms with E-state index in [9.17, 15) is 0 Å². The van der Waals surface area contributed by atoms with E-state index in [1.807, 2.05) is 34.7 Å². The van der Waals surface area contributed by atoms with E-state index < -0.39 is 7.12 Å². The van der Waals surface area contributed by atoms with Crippen molar-refractivity contribution in [2.75, 3.05) is 24.7 Å². The third-order valence-corrected chi connectivity index (χ3v) is 3.78. The fraction of sp³-hybridized carbons (Fsp3) is 0.667. The van der Waals surface area contributed by atoms with Crippen molar-refractivity contribution in [2.24, 2.45) is 0 Å². The van der Waals surface area contributed by atoms with Crippen molar-refractivity contribution in [1.29, 1.82) is 0 Å². The van der Waals surface area contributed by atoms with Gasteiger partial charge in [0.25, 0.3) is 0 Å². The van der Waals surface area contributed by atoms with Crippen LogP contribution in [0.1, 0.15) is 27.7 Å². The Morgan fingerprint density at radius 2 is 1.63 bits per heavy atom. The van der Waals surface area contributed by atoms with E-state index >= 15 is 0 Å². The second kappa shape index (κ2) is 4.65. The number of hydrogen-bond acceptors (Lipinski definition) is 6. The van der Waals surface area contributed by atoms with E-state index in [0.29, 0.717) is 11.8 Å². The van der Waals surface area contributed by atoms with Crippen LogP contribution in [0.4, 0.5) is 11.8 Å². The van der Waals surface area contributed by atoms with Gasteiger partial charge >= 0.3 is 7.12 Å². The molecule has 0 bridgehead atoms. The molecule has 0 radical (unpaired) electrons. The van der Waals surface area contributed by atoms with Gasteiger partial charge in [-0.05, 0) is 27.7 Å². The fourth-order valence-electron chi connectivity index (χ4n) is 1.85. The van der Waals surface area contributed by atoms with Gasteiger partial charge in [0.15, 0.2) is 0 Å². The van der Waals surface area contributed by atoms with Crippen LogP contribution in [0.3, 0.4) is 0 Å². The molecule has 6 nitrogen and oxygen atoms in total. The Labute approximate surface area is 114 Å². The maximum absolute atomic E-state index is 6.00. The zero-order valence-corrected chi connectivity index (χ0v) is 12.4. The van der Waals surface area contributed by atoms with Crippen molar-refractivity contribution < 1.29 is 9.31 Å². The minimum atomic E-state index is -0.460. The molecule has 1 aliphatic heterocycles. The first-order chi connectivity index (χ1) is 8.80. The summed E-state index contributed by atoms with van der Waals surface area (Å²) < 4.78 is 12.0. The van der Waals surface area contributed by atoms with Gasteiger partial charge in [-0.15, -0.1) is 0 Å². The van der Waals surface area contributed by atoms with E-state index in [2.05, 4.69) is 20.6 Å². The molecule has 0 unspecified atom stereocenters. The largest absolute Gasteiger partial charge is 0.500 e. The van der Waals surface area contributed by atoms with Crippen LogP contribution in [0.25, 0.3) is 0 Å². The first-order valence-electron chi connectivity index (χ1n) is 6.39. The molecule has 0 amide bonds. The van der Waals surface area contributed by atoms with E-state index in [-0.39, 0.29) is 11.2 Å². The number of hydrogen-bond donors (Lipinski definition) is 2. The lowest BCUT2D eigenvalue weighted by atomic mass is 9.80. The molecule has 2 rings (SSSR count). The van der Waals surface area contributed by atoms with Crippen LogP contribution in [-0.4, -0.2) is 42.4 Å². The van der Waals surface area contributed by atoms with Gasteiger partial charge in [-0.1, -0.05) is 0 Å². The minimum Gasteiger partial charge on any atom is -0.399 e. The van der Waals surface area contributed by atoms with Gasteiger partial charge in [0.2, 0.25) is 5.95 Å². The molecular formula is C12H21BN4O2. The van der Waals surface area contributed by atoms with Crippen LogP contribution < -0.4 is 16.1 Å². The zero-order valence-electron chi connectivity index (χ0n) is 12.4. The van der Waals surface area contributed by atoms with Gasteiger partial charge in [0, 0.05) is 25.8 Å². The van der Waals surface area contributed by atoms with E-state index in [1.165, 1.54) is 0 Å². The molecule has 1 fully saturated rings. The number of nitrogens with zero attached hydrogens (tertiary/aromatic N) is 2. The standard InChI is InChI=1S/C12H21BN4O2/c1-11(2)12(3,4)19-13(18-11)8-7-16-10(15-6)17-9(8)14-5/h7H,1-6H3,(H2,14,15,16,17). The Morgan fingerprint density at radius 3 is 2.11 bits per heavy atom. The Hall–Kier alpha value is -1.34. The third-order valence-electron chi connectivity index (χ3n) is 3.78. The normalized spacial score (nSPS) is 20.4. The molecule has 1 aromatic heterocycles. The number of aromatic nitrogens is 2. The summed E-state index contributed by atoms with van der Waals surface area (Å²) in [6.07, 6.45) is 1.73. The second-order valence-corrected chi connectivity index (χ2v) is 5.59. The van der Waals surface area contributed by atoms with E-state index in [4.69, 9.17) is 9.31 Å². The van der Waals surface area contributed by atoms with Crippen molar-refractivity contribution in [1.82, 2.24) is 9.97 Å². The highest BCUT2D eigenvalue weighted by atomic mass is 16.7. The lowest BCUT2D eigenvalue weighted by Gasteiger charge is -2.32. The van der Waals surface area contributed by atoms with Crippen molar-refractivity contribution in [3.05, 3.63) is 6.20 Å². The summed E-state index contributed by atoms with van der Waals surface area (Å²) in [5.41, 5.74) is 0.0643. The Bertz CT molecular complexity index is 463. The van der Waals surface area contributed by atoms with Crippen molar-refractivity contribution in [2.45, 2.75) is 38.9 Å². The van der Waals surface area contributed by atoms with Crippen LogP contribution in [0.5, 0.6) is 0 Å². The lowest BCUT2D eigenvalue weighted by molar-refractivity contribution is 0.00578. The molecule has 0 spiro atoms. The molecule has 1 aromatic rings. The van der Waals surface area contributed by atoms with Gasteiger partial charge in [-0.3, -0.25) is 0 Å². The molecule has 19 heavy (non-hydrogen) atoms. The Morgan fingerprint density at radius 1 is 1.05 bits per heavy atom. The summed E-state index contributed by atoms with van der Waals surface area (Å²) in [6.45, 7) is 8.09. The average molecular weight is 264 g/mol. The number of anilines is 2. The summed E-state index contributed by atoms with van der Waals surface area (Å²) in [6, 6.07) is 0. The first kappa shape index (κ1) is 14.1. The predicted octanol–water partition coefficient (Wildman–Crippen LogP) is 0.859. The van der Waals surface area contributed by atoms with Crippen LogP contribution in [0, 0.1) is 0 Å². The highest BCUT2D eigenvalue weighted by Crippen LogP contribution is 2.36. The van der Waals surface area contributed by atoms with Crippen LogP contribution in [0.15, 0.2) is 6.20 Å². The Kier molecular flexibility index (Phi) is 3.44. The van der Waals surface area contributed by atoms with Crippen molar-refractivity contribution in [3.8, 4) is 0 Å². The summed E-state index contributed by atoms with van der Waals surface area (Å²) in [5.74, 6) is 1.27. The van der Waals surface area contributed by atoms with Gasteiger partial charge in [-0.2, -0.15) is 4.98 Å². The summed E-state index contributed by atoms with van der Waals surface area (Å²) in [4.78, 5) is 8.58. The van der Waals surface area contributed by atoms with Gasteiger partial charge in [0.1, 0.15) is 5.82 Å². The van der Waals surface area contributed by atoms with Crippen LogP contribution >= 0.6 is 0 Å². The average Bonchev–Trinajstić information content (AvgIpc) is 2.57. The molecule has 0 aromatic carbocycles.